The summed E-state index contributed by atoms with van der Waals surface area (Å²) in [6, 6.07) is 3.89. The highest BCUT2D eigenvalue weighted by Crippen LogP contribution is 2.07. The summed E-state index contributed by atoms with van der Waals surface area (Å²) in [5, 5.41) is 0. The molecule has 0 unspecified atom stereocenters. The van der Waals surface area contributed by atoms with Crippen molar-refractivity contribution in [3.63, 3.8) is 0 Å². The monoisotopic (exact) mass is 190 g/mol. The molecule has 0 fully saturated rings. The second-order valence-electron chi connectivity index (χ2n) is 3.30. The van der Waals surface area contributed by atoms with E-state index in [1.165, 1.54) is 0 Å². The van der Waals surface area contributed by atoms with Gasteiger partial charge in [0, 0.05) is 18.8 Å². The summed E-state index contributed by atoms with van der Waals surface area (Å²) in [6.07, 6.45) is 7.68. The average Bonchev–Trinajstić information content (AvgIpc) is 2.80. The van der Waals surface area contributed by atoms with Crippen LogP contribution in [0, 0.1) is 0 Å². The number of nitrogens with zero attached hydrogens (tertiary/aromatic N) is 2. The Morgan fingerprint density at radius 3 is 3.14 bits per heavy atom. The number of hydrogen-bond donors (Lipinski definition) is 0. The Hall–Kier alpha value is -1.51. The summed E-state index contributed by atoms with van der Waals surface area (Å²) in [4.78, 5) is 4.31. The van der Waals surface area contributed by atoms with Crippen LogP contribution in [0.15, 0.2) is 35.2 Å². The van der Waals surface area contributed by atoms with E-state index in [-0.39, 0.29) is 0 Å². The van der Waals surface area contributed by atoms with Gasteiger partial charge in [-0.15, -0.1) is 0 Å². The fraction of sp³-hybridized carbons (Fsp3) is 0.364. The fourth-order valence-electron chi connectivity index (χ4n) is 1.51. The van der Waals surface area contributed by atoms with Gasteiger partial charge in [0.1, 0.15) is 11.6 Å². The van der Waals surface area contributed by atoms with Crippen LogP contribution in [0.3, 0.4) is 0 Å². The zero-order chi connectivity index (χ0) is 9.80. The highest BCUT2D eigenvalue weighted by Gasteiger charge is 2.03. The molecule has 0 atom stereocenters. The lowest BCUT2D eigenvalue weighted by Crippen LogP contribution is -2.03. The molecule has 2 heterocycles. The molecule has 2 rings (SSSR count). The predicted molar refractivity (Wildman–Crippen MR) is 54.0 cm³/mol. The maximum atomic E-state index is 5.29. The van der Waals surface area contributed by atoms with Crippen LogP contribution in [0.5, 0.6) is 0 Å². The molecule has 2 aromatic rings. The minimum Gasteiger partial charge on any atom is -0.467 e. The van der Waals surface area contributed by atoms with Crippen molar-refractivity contribution < 1.29 is 4.42 Å². The highest BCUT2D eigenvalue weighted by molar-refractivity contribution is 5.02. The SMILES string of the molecule is CCCc1nccn1Cc1ccco1. The van der Waals surface area contributed by atoms with Gasteiger partial charge in [-0.25, -0.2) is 4.98 Å². The van der Waals surface area contributed by atoms with Crippen LogP contribution in [0.4, 0.5) is 0 Å². The maximum Gasteiger partial charge on any atom is 0.123 e. The summed E-state index contributed by atoms with van der Waals surface area (Å²) >= 11 is 0. The molecule has 0 amide bonds. The molecule has 0 spiro atoms. The minimum atomic E-state index is 0.780. The largest absolute Gasteiger partial charge is 0.467 e. The van der Waals surface area contributed by atoms with E-state index in [0.29, 0.717) is 0 Å². The van der Waals surface area contributed by atoms with Crippen molar-refractivity contribution in [2.75, 3.05) is 0 Å². The normalized spacial score (nSPS) is 10.6. The molecule has 14 heavy (non-hydrogen) atoms. The van der Waals surface area contributed by atoms with Gasteiger partial charge in [-0.3, -0.25) is 0 Å². The van der Waals surface area contributed by atoms with Crippen LogP contribution in [0.25, 0.3) is 0 Å². The van der Waals surface area contributed by atoms with Gasteiger partial charge >= 0.3 is 0 Å². The molecule has 0 bridgehead atoms. The van der Waals surface area contributed by atoms with Crippen LogP contribution in [0.2, 0.25) is 0 Å². The lowest BCUT2D eigenvalue weighted by atomic mass is 10.3. The van der Waals surface area contributed by atoms with Crippen molar-refractivity contribution in [3.05, 3.63) is 42.4 Å². The van der Waals surface area contributed by atoms with Crippen LogP contribution in [-0.2, 0) is 13.0 Å². The Balaban J connectivity index is 2.12. The number of imidazole rings is 1. The van der Waals surface area contributed by atoms with Crippen LogP contribution in [-0.4, -0.2) is 9.55 Å². The Labute approximate surface area is 83.4 Å². The number of aromatic nitrogens is 2. The number of rotatable bonds is 4. The van der Waals surface area contributed by atoms with Gasteiger partial charge in [0.15, 0.2) is 0 Å². The molecule has 3 nitrogen and oxygen atoms in total. The van der Waals surface area contributed by atoms with Crippen LogP contribution in [0.1, 0.15) is 24.9 Å². The first kappa shape index (κ1) is 9.06. The van der Waals surface area contributed by atoms with E-state index in [1.54, 1.807) is 6.26 Å². The quantitative estimate of drug-likeness (QED) is 0.741. The van der Waals surface area contributed by atoms with Gasteiger partial charge in [0.2, 0.25) is 0 Å². The van der Waals surface area contributed by atoms with E-state index in [4.69, 9.17) is 4.42 Å². The first-order chi connectivity index (χ1) is 6.90. The van der Waals surface area contributed by atoms with Crippen molar-refractivity contribution in [2.24, 2.45) is 0 Å². The summed E-state index contributed by atoms with van der Waals surface area (Å²) in [6.45, 7) is 2.94. The molecule has 0 N–H and O–H groups in total. The summed E-state index contributed by atoms with van der Waals surface area (Å²) in [5.74, 6) is 2.10. The number of furan rings is 1. The van der Waals surface area contributed by atoms with Crippen molar-refractivity contribution in [1.82, 2.24) is 9.55 Å². The molecule has 0 radical (unpaired) electrons. The van der Waals surface area contributed by atoms with Crippen LogP contribution < -0.4 is 0 Å². The van der Waals surface area contributed by atoms with E-state index < -0.39 is 0 Å². The van der Waals surface area contributed by atoms with E-state index in [2.05, 4.69) is 16.5 Å². The lowest BCUT2D eigenvalue weighted by Gasteiger charge is -2.04. The molecular formula is C11H14N2O. The Kier molecular flexibility index (Phi) is 2.68. The zero-order valence-electron chi connectivity index (χ0n) is 8.31. The highest BCUT2D eigenvalue weighted by atomic mass is 16.3. The Bertz CT molecular complexity index is 376. The first-order valence-corrected chi connectivity index (χ1v) is 4.92. The van der Waals surface area contributed by atoms with E-state index in [1.807, 2.05) is 24.5 Å². The van der Waals surface area contributed by atoms with Crippen molar-refractivity contribution in [3.8, 4) is 0 Å². The molecule has 0 aliphatic heterocycles. The van der Waals surface area contributed by atoms with E-state index in [9.17, 15) is 0 Å². The second kappa shape index (κ2) is 4.13. The van der Waals surface area contributed by atoms with Gasteiger partial charge in [-0.1, -0.05) is 6.92 Å². The smallest absolute Gasteiger partial charge is 0.123 e. The predicted octanol–water partition coefficient (Wildman–Crippen LogP) is 2.48. The maximum absolute atomic E-state index is 5.29. The van der Waals surface area contributed by atoms with Gasteiger partial charge in [0.05, 0.1) is 12.8 Å². The molecule has 74 valence electrons. The second-order valence-corrected chi connectivity index (χ2v) is 3.30. The van der Waals surface area contributed by atoms with E-state index in [0.717, 1.165) is 31.0 Å². The Morgan fingerprint density at radius 2 is 2.43 bits per heavy atom. The number of aryl methyl sites for hydroxylation is 1. The summed E-state index contributed by atoms with van der Waals surface area (Å²) in [7, 11) is 0. The van der Waals surface area contributed by atoms with Crippen molar-refractivity contribution in [2.45, 2.75) is 26.3 Å². The fourth-order valence-corrected chi connectivity index (χ4v) is 1.51. The van der Waals surface area contributed by atoms with Gasteiger partial charge in [-0.05, 0) is 18.6 Å². The molecule has 3 heteroatoms. The molecule has 0 saturated carbocycles. The van der Waals surface area contributed by atoms with Gasteiger partial charge < -0.3 is 8.98 Å². The van der Waals surface area contributed by atoms with Gasteiger partial charge in [-0.2, -0.15) is 0 Å². The van der Waals surface area contributed by atoms with E-state index >= 15 is 0 Å². The summed E-state index contributed by atoms with van der Waals surface area (Å²) < 4.78 is 7.42. The first-order valence-electron chi connectivity index (χ1n) is 4.92. The zero-order valence-corrected chi connectivity index (χ0v) is 8.31. The molecule has 0 aromatic carbocycles. The third-order valence-corrected chi connectivity index (χ3v) is 2.18. The third kappa shape index (κ3) is 1.87. The van der Waals surface area contributed by atoms with Crippen LogP contribution >= 0.6 is 0 Å². The molecule has 0 aliphatic rings. The summed E-state index contributed by atoms with van der Waals surface area (Å²) in [5.41, 5.74) is 0. The topological polar surface area (TPSA) is 31.0 Å². The Morgan fingerprint density at radius 1 is 1.50 bits per heavy atom. The van der Waals surface area contributed by atoms with Crippen molar-refractivity contribution >= 4 is 0 Å². The lowest BCUT2D eigenvalue weighted by molar-refractivity contribution is 0.488. The average molecular weight is 190 g/mol. The third-order valence-electron chi connectivity index (χ3n) is 2.18. The number of hydrogen-bond acceptors (Lipinski definition) is 2. The minimum absolute atomic E-state index is 0.780. The molecule has 2 aromatic heterocycles. The van der Waals surface area contributed by atoms with Crippen molar-refractivity contribution in [1.29, 1.82) is 0 Å². The standard InChI is InChI=1S/C11H14N2O/c1-2-4-11-12-6-7-13(11)9-10-5-3-8-14-10/h3,5-8H,2,4,9H2,1H3. The molecule has 0 aliphatic carbocycles. The molecule has 0 saturated heterocycles. The van der Waals surface area contributed by atoms with Gasteiger partial charge in [0.25, 0.3) is 0 Å². The molecular weight excluding hydrogens is 176 g/mol.